The number of imide groups is 1. The molecule has 132 valence electrons. The van der Waals surface area contributed by atoms with Crippen LogP contribution in [0.25, 0.3) is 0 Å². The number of benzene rings is 2. The van der Waals surface area contributed by atoms with Crippen LogP contribution in [0.5, 0.6) is 0 Å². The van der Waals surface area contributed by atoms with Crippen molar-refractivity contribution in [2.24, 2.45) is 11.3 Å². The Labute approximate surface area is 154 Å². The molecular formula is C23H23NO2. The van der Waals surface area contributed by atoms with E-state index < -0.39 is 5.41 Å². The quantitative estimate of drug-likeness (QED) is 0.611. The summed E-state index contributed by atoms with van der Waals surface area (Å²) >= 11 is 0. The standard InChI is InChI=1S/C23H23NO2/c25-21-20-13-7-8-15-23(20,17-19-11-5-2-6-12-19)22(26)24(21)16-14-18-9-3-1-4-10-18/h1-12,20H,13-17H2/t20-,23+/m0/s1. The topological polar surface area (TPSA) is 37.4 Å². The number of amides is 2. The third-order valence-corrected chi connectivity index (χ3v) is 5.75. The highest BCUT2D eigenvalue weighted by molar-refractivity contribution is 6.08. The van der Waals surface area contributed by atoms with Gasteiger partial charge in [0.15, 0.2) is 0 Å². The predicted molar refractivity (Wildman–Crippen MR) is 101 cm³/mol. The fourth-order valence-corrected chi connectivity index (χ4v) is 4.35. The lowest BCUT2D eigenvalue weighted by molar-refractivity contribution is -0.141. The molecule has 0 bridgehead atoms. The number of nitrogens with zero attached hydrogens (tertiary/aromatic N) is 1. The fourth-order valence-electron chi connectivity index (χ4n) is 4.35. The maximum atomic E-state index is 13.4. The van der Waals surface area contributed by atoms with Crippen LogP contribution >= 0.6 is 0 Å². The van der Waals surface area contributed by atoms with Crippen LogP contribution in [0.4, 0.5) is 0 Å². The second-order valence-electron chi connectivity index (χ2n) is 7.31. The summed E-state index contributed by atoms with van der Waals surface area (Å²) < 4.78 is 0. The van der Waals surface area contributed by atoms with E-state index in [2.05, 4.69) is 24.3 Å². The molecule has 0 spiro atoms. The molecule has 2 aromatic carbocycles. The largest absolute Gasteiger partial charge is 0.281 e. The molecule has 26 heavy (non-hydrogen) atoms. The number of likely N-dealkylation sites (tertiary alicyclic amines) is 1. The van der Waals surface area contributed by atoms with Gasteiger partial charge in [-0.2, -0.15) is 0 Å². The summed E-state index contributed by atoms with van der Waals surface area (Å²) in [6, 6.07) is 20.1. The first-order valence-electron chi connectivity index (χ1n) is 9.29. The molecule has 1 aliphatic heterocycles. The summed E-state index contributed by atoms with van der Waals surface area (Å²) in [7, 11) is 0. The Morgan fingerprint density at radius 2 is 1.54 bits per heavy atom. The SMILES string of the molecule is O=C1[C@@H]2CC=CC[C@]2(Cc2ccccc2)C(=O)N1CCc1ccccc1. The van der Waals surface area contributed by atoms with E-state index >= 15 is 0 Å². The Bertz CT molecular complexity index is 828. The highest BCUT2D eigenvalue weighted by Gasteiger charge is 2.58. The molecule has 2 amide bonds. The molecule has 2 atom stereocenters. The van der Waals surface area contributed by atoms with Crippen LogP contribution in [0, 0.1) is 11.3 Å². The summed E-state index contributed by atoms with van der Waals surface area (Å²) in [5.41, 5.74) is 1.67. The minimum atomic E-state index is -0.607. The van der Waals surface area contributed by atoms with Crippen molar-refractivity contribution < 1.29 is 9.59 Å². The van der Waals surface area contributed by atoms with Gasteiger partial charge in [-0.3, -0.25) is 14.5 Å². The molecule has 1 saturated heterocycles. The zero-order valence-electron chi connectivity index (χ0n) is 14.8. The Morgan fingerprint density at radius 3 is 2.23 bits per heavy atom. The molecular weight excluding hydrogens is 322 g/mol. The number of carbonyl (C=O) groups excluding carboxylic acids is 2. The van der Waals surface area contributed by atoms with E-state index in [1.807, 2.05) is 48.5 Å². The van der Waals surface area contributed by atoms with Crippen molar-refractivity contribution in [3.05, 3.63) is 83.9 Å². The van der Waals surface area contributed by atoms with Gasteiger partial charge in [-0.1, -0.05) is 72.8 Å². The van der Waals surface area contributed by atoms with Crippen LogP contribution in [-0.4, -0.2) is 23.3 Å². The Kier molecular flexibility index (Phi) is 4.46. The van der Waals surface area contributed by atoms with E-state index in [1.54, 1.807) is 0 Å². The van der Waals surface area contributed by atoms with Crippen molar-refractivity contribution in [3.8, 4) is 0 Å². The third-order valence-electron chi connectivity index (χ3n) is 5.75. The maximum Gasteiger partial charge on any atom is 0.236 e. The second-order valence-corrected chi connectivity index (χ2v) is 7.31. The lowest BCUT2D eigenvalue weighted by atomic mass is 9.67. The van der Waals surface area contributed by atoms with E-state index in [1.165, 1.54) is 4.90 Å². The van der Waals surface area contributed by atoms with Crippen LogP contribution in [-0.2, 0) is 22.4 Å². The summed E-state index contributed by atoms with van der Waals surface area (Å²) in [5, 5.41) is 0. The van der Waals surface area contributed by atoms with E-state index in [0.29, 0.717) is 32.2 Å². The van der Waals surface area contributed by atoms with Crippen molar-refractivity contribution in [1.29, 1.82) is 0 Å². The number of hydrogen-bond acceptors (Lipinski definition) is 2. The summed E-state index contributed by atoms with van der Waals surface area (Å²) in [5.74, 6) is -0.209. The number of carbonyl (C=O) groups is 2. The lowest BCUT2D eigenvalue weighted by Gasteiger charge is -2.33. The highest BCUT2D eigenvalue weighted by atomic mass is 16.2. The molecule has 1 fully saturated rings. The minimum absolute atomic E-state index is 0.00575. The van der Waals surface area contributed by atoms with Crippen LogP contribution in [0.1, 0.15) is 24.0 Å². The molecule has 2 aliphatic rings. The van der Waals surface area contributed by atoms with Gasteiger partial charge >= 0.3 is 0 Å². The molecule has 0 N–H and O–H groups in total. The van der Waals surface area contributed by atoms with Crippen molar-refractivity contribution in [2.75, 3.05) is 6.54 Å². The van der Waals surface area contributed by atoms with Gasteiger partial charge in [0.25, 0.3) is 0 Å². The van der Waals surface area contributed by atoms with Crippen LogP contribution in [0.2, 0.25) is 0 Å². The predicted octanol–water partition coefficient (Wildman–Crippen LogP) is 3.79. The summed E-state index contributed by atoms with van der Waals surface area (Å²) in [6.45, 7) is 0.467. The average molecular weight is 345 g/mol. The van der Waals surface area contributed by atoms with E-state index in [-0.39, 0.29) is 17.7 Å². The van der Waals surface area contributed by atoms with E-state index in [4.69, 9.17) is 0 Å². The highest BCUT2D eigenvalue weighted by Crippen LogP contribution is 2.48. The van der Waals surface area contributed by atoms with Gasteiger partial charge < -0.3 is 0 Å². The number of allylic oxidation sites excluding steroid dienone is 2. The van der Waals surface area contributed by atoms with Gasteiger partial charge in [-0.05, 0) is 36.8 Å². The van der Waals surface area contributed by atoms with Gasteiger partial charge in [0.1, 0.15) is 0 Å². The van der Waals surface area contributed by atoms with Crippen molar-refractivity contribution in [1.82, 2.24) is 4.90 Å². The van der Waals surface area contributed by atoms with Crippen LogP contribution in [0.15, 0.2) is 72.8 Å². The molecule has 1 aliphatic carbocycles. The van der Waals surface area contributed by atoms with Crippen molar-refractivity contribution >= 4 is 11.8 Å². The van der Waals surface area contributed by atoms with Gasteiger partial charge in [0.05, 0.1) is 11.3 Å². The van der Waals surface area contributed by atoms with Gasteiger partial charge in [-0.15, -0.1) is 0 Å². The first kappa shape index (κ1) is 16.8. The van der Waals surface area contributed by atoms with Crippen molar-refractivity contribution in [2.45, 2.75) is 25.7 Å². The molecule has 0 aromatic heterocycles. The summed E-state index contributed by atoms with van der Waals surface area (Å²) in [4.78, 5) is 27.9. The Balaban J connectivity index is 1.59. The minimum Gasteiger partial charge on any atom is -0.281 e. The van der Waals surface area contributed by atoms with E-state index in [9.17, 15) is 9.59 Å². The number of hydrogen-bond donors (Lipinski definition) is 0. The van der Waals surface area contributed by atoms with Crippen LogP contribution < -0.4 is 0 Å². The van der Waals surface area contributed by atoms with Gasteiger partial charge in [0.2, 0.25) is 11.8 Å². The molecule has 0 unspecified atom stereocenters. The van der Waals surface area contributed by atoms with E-state index in [0.717, 1.165) is 11.1 Å². The fraction of sp³-hybridized carbons (Fsp3) is 0.304. The first-order valence-corrected chi connectivity index (χ1v) is 9.29. The van der Waals surface area contributed by atoms with Crippen molar-refractivity contribution in [3.63, 3.8) is 0 Å². The second kappa shape index (κ2) is 6.91. The lowest BCUT2D eigenvalue weighted by Crippen LogP contribution is -2.39. The average Bonchev–Trinajstić information content (AvgIpc) is 2.89. The first-order chi connectivity index (χ1) is 12.7. The Morgan fingerprint density at radius 1 is 0.885 bits per heavy atom. The van der Waals surface area contributed by atoms with Crippen LogP contribution in [0.3, 0.4) is 0 Å². The van der Waals surface area contributed by atoms with Gasteiger partial charge in [0, 0.05) is 6.54 Å². The molecule has 0 saturated carbocycles. The van der Waals surface area contributed by atoms with Gasteiger partial charge in [-0.25, -0.2) is 0 Å². The Hall–Kier alpha value is -2.68. The molecule has 3 nitrogen and oxygen atoms in total. The molecule has 4 rings (SSSR count). The molecule has 2 aromatic rings. The molecule has 0 radical (unpaired) electrons. The number of rotatable bonds is 5. The normalized spacial score (nSPS) is 24.8. The zero-order valence-corrected chi connectivity index (χ0v) is 14.8. The molecule has 3 heteroatoms. The third kappa shape index (κ3) is 2.88. The number of fused-ring (bicyclic) bond motifs is 1. The smallest absolute Gasteiger partial charge is 0.236 e. The monoisotopic (exact) mass is 345 g/mol. The summed E-state index contributed by atoms with van der Waals surface area (Å²) in [6.07, 6.45) is 6.79. The molecule has 1 heterocycles. The maximum absolute atomic E-state index is 13.4. The zero-order chi connectivity index (χ0) is 18.0.